The van der Waals surface area contributed by atoms with Gasteiger partial charge in [-0.05, 0) is 12.8 Å². The Kier molecular flexibility index (Phi) is 5.69. The molecule has 2 aliphatic rings. The maximum absolute atomic E-state index is 10.7. The van der Waals surface area contributed by atoms with Gasteiger partial charge in [0, 0.05) is 6.54 Å². The van der Waals surface area contributed by atoms with Crippen molar-refractivity contribution in [1.29, 1.82) is 0 Å². The van der Waals surface area contributed by atoms with E-state index in [1.54, 1.807) is 6.34 Å². The number of unbranched alkanes of at least 4 members (excludes halogenated alkanes) is 1. The molecule has 0 fully saturated rings. The molecule has 9 nitrogen and oxygen atoms in total. The maximum Gasteiger partial charge on any atom is 0.350 e. The Labute approximate surface area is 129 Å². The standard InChI is InChI=1S/C12H22N5O4P/c1-2-3-4-9-10-11(16-12(13)15-9)17(7-14-10)5-6-21-8-22(18,19)20/h7,10-11H,2-6,8H2,1H3,(H2,13,16)(H2,18,19,20). The molecule has 124 valence electrons. The van der Waals surface area contributed by atoms with Gasteiger partial charge >= 0.3 is 7.60 Å². The fourth-order valence-corrected chi connectivity index (χ4v) is 2.74. The summed E-state index contributed by atoms with van der Waals surface area (Å²) in [6.45, 7) is 2.72. The third-order valence-electron chi connectivity index (χ3n) is 3.40. The van der Waals surface area contributed by atoms with Crippen LogP contribution < -0.4 is 5.73 Å². The number of nitrogens with zero attached hydrogens (tertiary/aromatic N) is 4. The lowest BCUT2D eigenvalue weighted by Gasteiger charge is -2.28. The third kappa shape index (κ3) is 4.61. The van der Waals surface area contributed by atoms with E-state index in [0.29, 0.717) is 6.54 Å². The fourth-order valence-electron chi connectivity index (χ4n) is 2.37. The number of hydrogen-bond donors (Lipinski definition) is 3. The van der Waals surface area contributed by atoms with Crippen molar-refractivity contribution in [2.45, 2.75) is 38.4 Å². The average molecular weight is 331 g/mol. The van der Waals surface area contributed by atoms with Crippen molar-refractivity contribution in [3.05, 3.63) is 0 Å². The van der Waals surface area contributed by atoms with Crippen molar-refractivity contribution in [1.82, 2.24) is 4.90 Å². The summed E-state index contributed by atoms with van der Waals surface area (Å²) in [5, 5.41) is 0. The predicted molar refractivity (Wildman–Crippen MR) is 84.2 cm³/mol. The molecule has 2 unspecified atom stereocenters. The third-order valence-corrected chi connectivity index (χ3v) is 3.92. The van der Waals surface area contributed by atoms with Crippen molar-refractivity contribution in [3.63, 3.8) is 0 Å². The van der Waals surface area contributed by atoms with Gasteiger partial charge in [0.1, 0.15) is 12.4 Å². The van der Waals surface area contributed by atoms with E-state index in [1.165, 1.54) is 0 Å². The van der Waals surface area contributed by atoms with Gasteiger partial charge in [0.2, 0.25) is 5.96 Å². The van der Waals surface area contributed by atoms with Crippen molar-refractivity contribution in [3.8, 4) is 0 Å². The highest BCUT2D eigenvalue weighted by molar-refractivity contribution is 7.51. The molecular weight excluding hydrogens is 309 g/mol. The van der Waals surface area contributed by atoms with Crippen LogP contribution in [0.2, 0.25) is 0 Å². The molecule has 0 aromatic carbocycles. The molecule has 4 N–H and O–H groups in total. The van der Waals surface area contributed by atoms with E-state index in [1.807, 2.05) is 4.90 Å². The van der Waals surface area contributed by atoms with Gasteiger partial charge < -0.3 is 25.2 Å². The van der Waals surface area contributed by atoms with Crippen LogP contribution in [0.5, 0.6) is 0 Å². The molecule has 22 heavy (non-hydrogen) atoms. The fraction of sp³-hybridized carbons (Fsp3) is 0.750. The Morgan fingerprint density at radius 1 is 1.50 bits per heavy atom. The molecule has 10 heteroatoms. The molecule has 0 spiro atoms. The van der Waals surface area contributed by atoms with Crippen LogP contribution in [0.4, 0.5) is 0 Å². The smallest absolute Gasteiger partial charge is 0.350 e. The molecule has 2 aliphatic heterocycles. The first kappa shape index (κ1) is 17.1. The highest BCUT2D eigenvalue weighted by Crippen LogP contribution is 2.33. The quantitative estimate of drug-likeness (QED) is 0.428. The van der Waals surface area contributed by atoms with E-state index in [0.717, 1.165) is 25.0 Å². The van der Waals surface area contributed by atoms with Crippen molar-refractivity contribution >= 4 is 25.6 Å². The lowest BCUT2D eigenvalue weighted by Crippen LogP contribution is -2.44. The highest BCUT2D eigenvalue weighted by atomic mass is 31.2. The second kappa shape index (κ2) is 7.32. The van der Waals surface area contributed by atoms with Crippen molar-refractivity contribution in [2.75, 3.05) is 19.5 Å². The number of fused-ring (bicyclic) bond motifs is 1. The lowest BCUT2D eigenvalue weighted by molar-refractivity contribution is 0.136. The number of nitrogens with two attached hydrogens (primary N) is 1. The Hall–Kier alpha value is -1.28. The van der Waals surface area contributed by atoms with Crippen LogP contribution in [0.15, 0.2) is 15.0 Å². The normalized spacial score (nSPS) is 24.2. The number of ether oxygens (including phenoxy) is 1. The van der Waals surface area contributed by atoms with Gasteiger partial charge in [0.25, 0.3) is 0 Å². The van der Waals surface area contributed by atoms with Crippen LogP contribution in [0.1, 0.15) is 26.2 Å². The van der Waals surface area contributed by atoms with E-state index < -0.39 is 13.9 Å². The summed E-state index contributed by atoms with van der Waals surface area (Å²) < 4.78 is 15.7. The SMILES string of the molecule is CCCCC1=NC(N)=NC2C1N=CN2CCOCP(=O)(O)O. The van der Waals surface area contributed by atoms with Crippen LogP contribution in [0.25, 0.3) is 0 Å². The molecule has 0 aromatic heterocycles. The summed E-state index contributed by atoms with van der Waals surface area (Å²) in [5.74, 6) is 0.249. The summed E-state index contributed by atoms with van der Waals surface area (Å²) in [6.07, 6.45) is 3.80. The van der Waals surface area contributed by atoms with E-state index in [4.69, 9.17) is 20.3 Å². The van der Waals surface area contributed by atoms with Crippen molar-refractivity contribution in [2.24, 2.45) is 20.7 Å². The molecule has 0 amide bonds. The highest BCUT2D eigenvalue weighted by Gasteiger charge is 2.36. The van der Waals surface area contributed by atoms with Crippen LogP contribution in [0.3, 0.4) is 0 Å². The zero-order valence-electron chi connectivity index (χ0n) is 12.5. The molecule has 2 heterocycles. The predicted octanol–water partition coefficient (Wildman–Crippen LogP) is 0.136. The minimum Gasteiger partial charge on any atom is -0.368 e. The maximum atomic E-state index is 10.7. The minimum atomic E-state index is -4.13. The second-order valence-corrected chi connectivity index (χ2v) is 6.84. The Morgan fingerprint density at radius 3 is 2.95 bits per heavy atom. The molecule has 2 atom stereocenters. The topological polar surface area (TPSA) is 133 Å². The number of hydrogen-bond acceptors (Lipinski definition) is 7. The van der Waals surface area contributed by atoms with Gasteiger partial charge in [0.15, 0.2) is 6.17 Å². The van der Waals surface area contributed by atoms with Gasteiger partial charge in [-0.2, -0.15) is 0 Å². The Bertz CT molecular complexity index is 530. The van der Waals surface area contributed by atoms with Gasteiger partial charge in [0.05, 0.1) is 18.7 Å². The molecule has 0 saturated heterocycles. The second-order valence-electron chi connectivity index (χ2n) is 5.26. The summed E-state index contributed by atoms with van der Waals surface area (Å²) >= 11 is 0. The van der Waals surface area contributed by atoms with Gasteiger partial charge in [-0.3, -0.25) is 9.56 Å². The molecule has 0 radical (unpaired) electrons. The first-order valence-electron chi connectivity index (χ1n) is 7.23. The van der Waals surface area contributed by atoms with Gasteiger partial charge in [-0.25, -0.2) is 9.98 Å². The summed E-state index contributed by atoms with van der Waals surface area (Å²) in [6, 6.07) is -0.124. The summed E-state index contributed by atoms with van der Waals surface area (Å²) in [7, 11) is -4.13. The van der Waals surface area contributed by atoms with Gasteiger partial charge in [-0.1, -0.05) is 13.3 Å². The average Bonchev–Trinajstić information content (AvgIpc) is 2.83. The zero-order chi connectivity index (χ0) is 16.2. The zero-order valence-corrected chi connectivity index (χ0v) is 13.4. The van der Waals surface area contributed by atoms with E-state index >= 15 is 0 Å². The minimum absolute atomic E-state index is 0.124. The van der Waals surface area contributed by atoms with Crippen molar-refractivity contribution < 1.29 is 19.1 Å². The first-order chi connectivity index (χ1) is 10.4. The molecular formula is C12H22N5O4P. The van der Waals surface area contributed by atoms with Crippen LogP contribution in [-0.2, 0) is 9.30 Å². The van der Waals surface area contributed by atoms with E-state index in [9.17, 15) is 4.57 Å². The molecule has 0 saturated carbocycles. The molecule has 0 aliphatic carbocycles. The van der Waals surface area contributed by atoms with Crippen LogP contribution in [-0.4, -0.2) is 64.4 Å². The van der Waals surface area contributed by atoms with Crippen LogP contribution in [0, 0.1) is 0 Å². The largest absolute Gasteiger partial charge is 0.368 e. The number of aliphatic imine (C=N–C) groups is 3. The molecule has 0 aromatic rings. The molecule has 2 rings (SSSR count). The Balaban J connectivity index is 1.89. The number of rotatable bonds is 8. The summed E-state index contributed by atoms with van der Waals surface area (Å²) in [4.78, 5) is 32.4. The van der Waals surface area contributed by atoms with Crippen LogP contribution >= 0.6 is 7.60 Å². The monoisotopic (exact) mass is 331 g/mol. The molecule has 0 bridgehead atoms. The van der Waals surface area contributed by atoms with E-state index in [-0.39, 0.29) is 24.8 Å². The summed E-state index contributed by atoms with van der Waals surface area (Å²) in [5.41, 5.74) is 6.71. The first-order valence-corrected chi connectivity index (χ1v) is 9.02. The lowest BCUT2D eigenvalue weighted by atomic mass is 10.0. The van der Waals surface area contributed by atoms with Gasteiger partial charge in [-0.15, -0.1) is 0 Å². The Morgan fingerprint density at radius 2 is 2.27 bits per heavy atom. The van der Waals surface area contributed by atoms with E-state index in [2.05, 4.69) is 21.9 Å². The number of guanidine groups is 1.